The van der Waals surface area contributed by atoms with Crippen molar-refractivity contribution in [3.63, 3.8) is 0 Å². The van der Waals surface area contributed by atoms with Gasteiger partial charge in [-0.1, -0.05) is 0 Å². The summed E-state index contributed by atoms with van der Waals surface area (Å²) in [6.45, 7) is 5.19. The van der Waals surface area contributed by atoms with Crippen LogP contribution in [0.4, 0.5) is 5.82 Å². The molecule has 0 radical (unpaired) electrons. The minimum atomic E-state index is 0.297. The van der Waals surface area contributed by atoms with Crippen molar-refractivity contribution in [3.8, 4) is 0 Å². The zero-order chi connectivity index (χ0) is 14.7. The van der Waals surface area contributed by atoms with E-state index in [-0.39, 0.29) is 0 Å². The summed E-state index contributed by atoms with van der Waals surface area (Å²) in [5.41, 5.74) is 0. The highest BCUT2D eigenvalue weighted by atomic mass is 32.1. The van der Waals surface area contributed by atoms with E-state index in [1.807, 2.05) is 6.92 Å². The number of fused-ring (bicyclic) bond motifs is 1. The first kappa shape index (κ1) is 14.7. The molecular weight excluding hydrogens is 286 g/mol. The largest absolute Gasteiger partial charge is 0.383 e. The number of methoxy groups -OCH3 is 1. The first-order chi connectivity index (χ1) is 10.3. The van der Waals surface area contributed by atoms with Crippen molar-refractivity contribution < 1.29 is 9.47 Å². The molecule has 1 fully saturated rings. The molecule has 0 spiro atoms. The molecule has 0 N–H and O–H groups in total. The number of hydrogen-bond donors (Lipinski definition) is 0. The minimum Gasteiger partial charge on any atom is -0.383 e. The lowest BCUT2D eigenvalue weighted by molar-refractivity contribution is 0.113. The van der Waals surface area contributed by atoms with Crippen LogP contribution in [-0.2, 0) is 9.47 Å². The molecule has 2 aromatic heterocycles. The van der Waals surface area contributed by atoms with Crippen molar-refractivity contribution >= 4 is 27.4 Å². The standard InChI is InChI=1S/C15H21N3O2S/c1-11-16-14(13-5-9-21-15(13)17-11)18(6-8-19-2)10-12-4-3-7-20-12/h5,9,12H,3-4,6-8,10H2,1-2H3/t12-/m1/s1. The first-order valence-electron chi connectivity index (χ1n) is 7.35. The Morgan fingerprint density at radius 3 is 3.14 bits per heavy atom. The Bertz CT molecular complexity index is 596. The zero-order valence-corrected chi connectivity index (χ0v) is 13.4. The summed E-state index contributed by atoms with van der Waals surface area (Å²) in [4.78, 5) is 12.5. The van der Waals surface area contributed by atoms with E-state index in [2.05, 4.69) is 26.3 Å². The van der Waals surface area contributed by atoms with Gasteiger partial charge in [0, 0.05) is 26.8 Å². The number of anilines is 1. The molecule has 5 nitrogen and oxygen atoms in total. The lowest BCUT2D eigenvalue weighted by Gasteiger charge is -2.27. The van der Waals surface area contributed by atoms with Gasteiger partial charge in [0.2, 0.25) is 0 Å². The van der Waals surface area contributed by atoms with Crippen LogP contribution < -0.4 is 4.90 Å². The summed E-state index contributed by atoms with van der Waals surface area (Å²) >= 11 is 1.66. The van der Waals surface area contributed by atoms with E-state index in [0.29, 0.717) is 12.7 Å². The Labute approximate surface area is 128 Å². The third kappa shape index (κ3) is 3.33. The van der Waals surface area contributed by atoms with Gasteiger partial charge in [0.05, 0.1) is 18.1 Å². The van der Waals surface area contributed by atoms with Crippen molar-refractivity contribution in [3.05, 3.63) is 17.3 Å². The molecule has 114 valence electrons. The van der Waals surface area contributed by atoms with Crippen molar-refractivity contribution in [1.29, 1.82) is 0 Å². The van der Waals surface area contributed by atoms with Gasteiger partial charge in [-0.15, -0.1) is 11.3 Å². The molecule has 0 aromatic carbocycles. The molecule has 1 saturated heterocycles. The SMILES string of the molecule is COCCN(C[C@H]1CCCO1)c1nc(C)nc2sccc12. The van der Waals surface area contributed by atoms with Crippen LogP contribution in [0.3, 0.4) is 0 Å². The monoisotopic (exact) mass is 307 g/mol. The second-order valence-electron chi connectivity index (χ2n) is 5.31. The number of thiophene rings is 1. The van der Waals surface area contributed by atoms with Gasteiger partial charge in [-0.3, -0.25) is 0 Å². The Hall–Kier alpha value is -1.24. The fourth-order valence-corrected chi connectivity index (χ4v) is 3.51. The van der Waals surface area contributed by atoms with Gasteiger partial charge in [0.15, 0.2) is 0 Å². The Morgan fingerprint density at radius 2 is 2.38 bits per heavy atom. The number of rotatable bonds is 6. The predicted octanol–water partition coefficient (Wildman–Crippen LogP) is 2.63. The highest BCUT2D eigenvalue weighted by Gasteiger charge is 2.22. The van der Waals surface area contributed by atoms with Crippen molar-refractivity contribution in [2.75, 3.05) is 38.3 Å². The lowest BCUT2D eigenvalue weighted by Crippen LogP contribution is -2.35. The molecular formula is C15H21N3O2S. The van der Waals surface area contributed by atoms with Gasteiger partial charge in [0.1, 0.15) is 16.5 Å². The number of ether oxygens (including phenoxy) is 2. The van der Waals surface area contributed by atoms with Crippen LogP contribution in [0.2, 0.25) is 0 Å². The van der Waals surface area contributed by atoms with Crippen LogP contribution in [0.15, 0.2) is 11.4 Å². The van der Waals surface area contributed by atoms with E-state index < -0.39 is 0 Å². The third-order valence-electron chi connectivity index (χ3n) is 3.73. The van der Waals surface area contributed by atoms with E-state index in [4.69, 9.17) is 9.47 Å². The summed E-state index contributed by atoms with van der Waals surface area (Å²) in [5, 5.41) is 3.20. The number of hydrogen-bond acceptors (Lipinski definition) is 6. The summed E-state index contributed by atoms with van der Waals surface area (Å²) in [6, 6.07) is 2.10. The fourth-order valence-electron chi connectivity index (χ4n) is 2.70. The van der Waals surface area contributed by atoms with Gasteiger partial charge in [0.25, 0.3) is 0 Å². The van der Waals surface area contributed by atoms with Gasteiger partial charge in [-0.05, 0) is 31.2 Å². The van der Waals surface area contributed by atoms with Crippen LogP contribution >= 0.6 is 11.3 Å². The van der Waals surface area contributed by atoms with Crippen LogP contribution in [-0.4, -0.2) is 49.5 Å². The smallest absolute Gasteiger partial charge is 0.141 e. The summed E-state index contributed by atoms with van der Waals surface area (Å²) in [6.07, 6.45) is 2.57. The molecule has 0 unspecified atom stereocenters. The summed E-state index contributed by atoms with van der Waals surface area (Å²) in [5.74, 6) is 1.82. The van der Waals surface area contributed by atoms with Gasteiger partial charge < -0.3 is 14.4 Å². The topological polar surface area (TPSA) is 47.5 Å². The fraction of sp³-hybridized carbons (Fsp3) is 0.600. The minimum absolute atomic E-state index is 0.297. The maximum Gasteiger partial charge on any atom is 0.141 e. The van der Waals surface area contributed by atoms with Crippen molar-refractivity contribution in [2.45, 2.75) is 25.9 Å². The maximum atomic E-state index is 5.79. The van der Waals surface area contributed by atoms with Crippen LogP contribution in [0.5, 0.6) is 0 Å². The van der Waals surface area contributed by atoms with Crippen LogP contribution in [0.1, 0.15) is 18.7 Å². The Morgan fingerprint density at radius 1 is 1.48 bits per heavy atom. The molecule has 0 amide bonds. The predicted molar refractivity (Wildman–Crippen MR) is 85.2 cm³/mol. The quantitative estimate of drug-likeness (QED) is 0.821. The van der Waals surface area contributed by atoms with E-state index in [0.717, 1.165) is 54.4 Å². The normalized spacial score (nSPS) is 18.5. The van der Waals surface area contributed by atoms with Crippen molar-refractivity contribution in [2.24, 2.45) is 0 Å². The van der Waals surface area contributed by atoms with E-state index in [1.165, 1.54) is 0 Å². The summed E-state index contributed by atoms with van der Waals surface area (Å²) < 4.78 is 11.0. The second kappa shape index (κ2) is 6.68. The zero-order valence-electron chi connectivity index (χ0n) is 12.5. The molecule has 1 aliphatic rings. The van der Waals surface area contributed by atoms with Crippen LogP contribution in [0, 0.1) is 6.92 Å². The summed E-state index contributed by atoms with van der Waals surface area (Å²) in [7, 11) is 1.73. The third-order valence-corrected chi connectivity index (χ3v) is 4.54. The molecule has 0 aliphatic carbocycles. The maximum absolute atomic E-state index is 5.79. The van der Waals surface area contributed by atoms with Gasteiger partial charge in [-0.2, -0.15) is 0 Å². The van der Waals surface area contributed by atoms with Gasteiger partial charge in [-0.25, -0.2) is 9.97 Å². The molecule has 1 atom stereocenters. The molecule has 3 rings (SSSR count). The Kier molecular flexibility index (Phi) is 4.67. The highest BCUT2D eigenvalue weighted by Crippen LogP contribution is 2.28. The number of aromatic nitrogens is 2. The van der Waals surface area contributed by atoms with Gasteiger partial charge >= 0.3 is 0 Å². The molecule has 2 aromatic rings. The Balaban J connectivity index is 1.90. The highest BCUT2D eigenvalue weighted by molar-refractivity contribution is 7.16. The molecule has 1 aliphatic heterocycles. The van der Waals surface area contributed by atoms with Crippen molar-refractivity contribution in [1.82, 2.24) is 9.97 Å². The lowest BCUT2D eigenvalue weighted by atomic mass is 10.2. The number of aryl methyl sites for hydroxylation is 1. The molecule has 0 saturated carbocycles. The van der Waals surface area contributed by atoms with E-state index in [1.54, 1.807) is 18.4 Å². The second-order valence-corrected chi connectivity index (χ2v) is 6.20. The average Bonchev–Trinajstić information content (AvgIpc) is 3.13. The van der Waals surface area contributed by atoms with Crippen LogP contribution in [0.25, 0.3) is 10.2 Å². The molecule has 0 bridgehead atoms. The molecule has 6 heteroatoms. The molecule has 21 heavy (non-hydrogen) atoms. The molecule has 3 heterocycles. The van der Waals surface area contributed by atoms with E-state index >= 15 is 0 Å². The average molecular weight is 307 g/mol. The van der Waals surface area contributed by atoms with E-state index in [9.17, 15) is 0 Å². The number of nitrogens with zero attached hydrogens (tertiary/aromatic N) is 3. The first-order valence-corrected chi connectivity index (χ1v) is 8.23.